The average Bonchev–Trinajstić information content (AvgIpc) is 3.87. The third kappa shape index (κ3) is 10.8. The van der Waals surface area contributed by atoms with Crippen LogP contribution in [0.5, 0.6) is 0 Å². The number of benzene rings is 5. The Morgan fingerprint density at radius 1 is 0.754 bits per heavy atom. The Bertz CT molecular complexity index is 3370. The first-order valence-electron chi connectivity index (χ1n) is 25.2. The second-order valence-electron chi connectivity index (χ2n) is 22.3. The van der Waals surface area contributed by atoms with Gasteiger partial charge in [-0.1, -0.05) is 88.0 Å². The van der Waals surface area contributed by atoms with Crippen LogP contribution in [-0.4, -0.2) is 32.8 Å². The monoisotopic (exact) mass is 1160 g/mol. The molecule has 5 aromatic carbocycles. The van der Waals surface area contributed by atoms with Gasteiger partial charge in [-0.15, -0.1) is 17.7 Å². The third-order valence-electron chi connectivity index (χ3n) is 12.9. The number of hydrogen-bond acceptors (Lipinski definition) is 4. The molecule has 0 amide bonds. The van der Waals surface area contributed by atoms with Crippen molar-refractivity contribution in [2.75, 3.05) is 0 Å². The molecule has 4 heterocycles. The Labute approximate surface area is 431 Å². The van der Waals surface area contributed by atoms with Crippen molar-refractivity contribution < 1.29 is 27.3 Å². The van der Waals surface area contributed by atoms with Crippen LogP contribution in [0.25, 0.3) is 72.6 Å². The van der Waals surface area contributed by atoms with Gasteiger partial charge in [-0.25, -0.2) is 4.98 Å². The molecule has 0 unspecified atom stereocenters. The summed E-state index contributed by atoms with van der Waals surface area (Å²) in [6, 6.07) is 43.1. The molecule has 69 heavy (non-hydrogen) atoms. The minimum absolute atomic E-state index is 0. The van der Waals surface area contributed by atoms with E-state index in [-0.39, 0.29) is 37.4 Å². The van der Waals surface area contributed by atoms with E-state index in [2.05, 4.69) is 187 Å². The number of pyridine rings is 2. The van der Waals surface area contributed by atoms with Gasteiger partial charge in [0.1, 0.15) is 0 Å². The van der Waals surface area contributed by atoms with Crippen molar-refractivity contribution in [2.45, 2.75) is 131 Å². The Balaban J connectivity index is 0.000000230. The molecule has 1 radical (unpaired) electrons. The zero-order chi connectivity index (χ0) is 50.8. The third-order valence-corrected chi connectivity index (χ3v) is 17.1. The molecule has 0 aliphatic heterocycles. The normalized spacial score (nSPS) is 12.9. The maximum atomic E-state index is 8.90. The second kappa shape index (κ2) is 19.9. The fraction of sp³-hybridized carbons (Fsp3) is 0.339. The van der Waals surface area contributed by atoms with Crippen molar-refractivity contribution in [1.29, 1.82) is 0 Å². The summed E-state index contributed by atoms with van der Waals surface area (Å²) < 4.78 is 27.9. The molecule has 0 bridgehead atoms. The van der Waals surface area contributed by atoms with Crippen molar-refractivity contribution in [3.05, 3.63) is 161 Å². The van der Waals surface area contributed by atoms with E-state index in [1.807, 2.05) is 46.0 Å². The average molecular weight is 1150 g/mol. The largest absolute Gasteiger partial charge is 0 e. The number of furan rings is 1. The maximum absolute atomic E-state index is 8.90. The number of aryl methyl sites for hydroxylation is 3. The molecule has 9 rings (SSSR count). The molecular formula is C62H70GeIrN4O-2. The van der Waals surface area contributed by atoms with Gasteiger partial charge in [0.05, 0.1) is 22.4 Å². The Kier molecular flexibility index (Phi) is 14.1. The molecule has 0 aliphatic carbocycles. The molecule has 0 N–H and O–H groups in total. The number of aromatic nitrogens is 4. The van der Waals surface area contributed by atoms with Crippen LogP contribution in [0.1, 0.15) is 123 Å². The number of nitrogens with zero attached hydrogens (tertiary/aromatic N) is 4. The zero-order valence-corrected chi connectivity index (χ0v) is 48.1. The fourth-order valence-electron chi connectivity index (χ4n) is 9.09. The molecule has 0 fully saturated rings. The molecule has 0 saturated heterocycles. The van der Waals surface area contributed by atoms with Gasteiger partial charge < -0.3 is 8.98 Å². The standard InChI is InChI=1S/C39H36N3O.C23H34GeN.Ir/c1-22(2)30-20-28(27-13-9-8-10-14-27)21-31(23(3)4)36(30)42-34-16-12-11-15-33(34)41-38(42)29-18-17-24(5)35-32-19-25(6)26(7)40-39(32)43-37(29)35;1-22(2,3)15-18-14-21(25-16-20(18)24(7,8)9)17-11-10-12-19(13-17)23(4,5)6;/h8-17,19-23H,1-7H3;10,12-14,16H,15H2,1-9H3;/q2*-1;/i;15D2;. The summed E-state index contributed by atoms with van der Waals surface area (Å²) in [7, 11) is 0. The SMILES string of the molecule is Cc1cc2c(nc1C)oc1c(-c3nc4ccccc4n3-c3c(C(C)C)cc(-c4ccccc4)cc3C(C)C)[c-]cc(C)c12.[2H]C([2H])(c1cc(-c2[c-]ccc(C(C)(C)C)c2)nc[c]1[Ge]([CH3])([CH3])[CH3])C(C)(C)C.[Ir]. The number of imidazole rings is 1. The van der Waals surface area contributed by atoms with Crippen molar-refractivity contribution in [2.24, 2.45) is 5.41 Å². The molecule has 9 aromatic rings. The summed E-state index contributed by atoms with van der Waals surface area (Å²) in [6.07, 6.45) is 0.506. The van der Waals surface area contributed by atoms with Gasteiger partial charge in [0.2, 0.25) is 5.71 Å². The van der Waals surface area contributed by atoms with Gasteiger partial charge in [-0.3, -0.25) is 4.98 Å². The van der Waals surface area contributed by atoms with E-state index in [0.717, 1.165) is 76.8 Å². The van der Waals surface area contributed by atoms with Gasteiger partial charge in [0.15, 0.2) is 0 Å². The predicted molar refractivity (Wildman–Crippen MR) is 292 cm³/mol. The summed E-state index contributed by atoms with van der Waals surface area (Å²) in [5.74, 6) is 8.29. The van der Waals surface area contributed by atoms with Gasteiger partial charge in [-0.2, -0.15) is 0 Å². The molecule has 0 aliphatic rings. The molecule has 0 atom stereocenters. The van der Waals surface area contributed by atoms with Crippen LogP contribution >= 0.6 is 0 Å². The molecule has 4 aromatic heterocycles. The quantitative estimate of drug-likeness (QED) is 0.112. The van der Waals surface area contributed by atoms with E-state index in [0.29, 0.717) is 5.71 Å². The first kappa shape index (κ1) is 48.9. The van der Waals surface area contributed by atoms with Crippen LogP contribution in [0, 0.1) is 38.3 Å². The van der Waals surface area contributed by atoms with Gasteiger partial charge in [0.25, 0.3) is 0 Å². The van der Waals surface area contributed by atoms with Crippen LogP contribution in [0.15, 0.2) is 114 Å². The Morgan fingerprint density at radius 2 is 1.41 bits per heavy atom. The van der Waals surface area contributed by atoms with E-state index < -0.39 is 25.1 Å². The molecule has 0 spiro atoms. The van der Waals surface area contributed by atoms with Gasteiger partial charge >= 0.3 is 160 Å². The second-order valence-corrected chi connectivity index (χ2v) is 32.9. The van der Waals surface area contributed by atoms with Crippen LogP contribution in [0.4, 0.5) is 0 Å². The topological polar surface area (TPSA) is 56.7 Å². The predicted octanol–water partition coefficient (Wildman–Crippen LogP) is 16.6. The van der Waals surface area contributed by atoms with Gasteiger partial charge in [0, 0.05) is 36.9 Å². The van der Waals surface area contributed by atoms with E-state index in [4.69, 9.17) is 22.1 Å². The van der Waals surface area contributed by atoms with Crippen molar-refractivity contribution in [3.63, 3.8) is 0 Å². The van der Waals surface area contributed by atoms with E-state index in [1.165, 1.54) is 33.5 Å². The van der Waals surface area contributed by atoms with Crippen LogP contribution in [0.3, 0.4) is 0 Å². The Morgan fingerprint density at radius 3 is 2.03 bits per heavy atom. The number of hydrogen-bond donors (Lipinski definition) is 0. The van der Waals surface area contributed by atoms with Crippen molar-refractivity contribution in [3.8, 4) is 39.5 Å². The maximum Gasteiger partial charge on any atom is 0 e. The minimum atomic E-state index is -2.29. The summed E-state index contributed by atoms with van der Waals surface area (Å²) >= 11 is -2.29. The van der Waals surface area contributed by atoms with Crippen LogP contribution in [-0.2, 0) is 31.9 Å². The first-order valence-corrected chi connectivity index (χ1v) is 31.6. The summed E-state index contributed by atoms with van der Waals surface area (Å²) in [5.41, 5.74) is 17.1. The van der Waals surface area contributed by atoms with E-state index >= 15 is 0 Å². The summed E-state index contributed by atoms with van der Waals surface area (Å²) in [4.78, 5) is 14.8. The first-order chi connectivity index (χ1) is 32.8. The smallest absolute Gasteiger partial charge is 0 e. The molecule has 5 nitrogen and oxygen atoms in total. The molecule has 0 saturated carbocycles. The van der Waals surface area contributed by atoms with Crippen LogP contribution < -0.4 is 4.40 Å². The number of rotatable bonds is 8. The zero-order valence-electron chi connectivity index (χ0n) is 45.6. The van der Waals surface area contributed by atoms with E-state index in [9.17, 15) is 0 Å². The molecule has 7 heteroatoms. The minimum Gasteiger partial charge on any atom is 0 e. The summed E-state index contributed by atoms with van der Waals surface area (Å²) in [6.45, 7) is 27.9. The van der Waals surface area contributed by atoms with Crippen LogP contribution in [0.2, 0.25) is 17.3 Å². The Hall–Kier alpha value is -5.14. The van der Waals surface area contributed by atoms with Gasteiger partial charge in [-0.05, 0) is 83.8 Å². The van der Waals surface area contributed by atoms with Crippen molar-refractivity contribution >= 4 is 50.8 Å². The number of para-hydroxylation sites is 2. The van der Waals surface area contributed by atoms with E-state index in [1.54, 1.807) is 0 Å². The van der Waals surface area contributed by atoms with Crippen molar-refractivity contribution in [1.82, 2.24) is 19.5 Å². The number of fused-ring (bicyclic) bond motifs is 4. The molecule has 359 valence electrons. The fourth-order valence-corrected chi connectivity index (χ4v) is 12.0. The summed E-state index contributed by atoms with van der Waals surface area (Å²) in [5, 5.41) is 2.11. The molecular weight excluding hydrogens is 1080 g/mol.